The van der Waals surface area contributed by atoms with Crippen molar-refractivity contribution >= 4 is 23.2 Å². The molecule has 114 valence electrons. The molecule has 0 aromatic heterocycles. The Hall–Kier alpha value is -2.28. The predicted molar refractivity (Wildman–Crippen MR) is 81.4 cm³/mol. The molecule has 2 amide bonds. The van der Waals surface area contributed by atoms with Crippen molar-refractivity contribution in [2.45, 2.75) is 6.42 Å². The number of nitrogens with two attached hydrogens (primary N) is 3. The van der Waals surface area contributed by atoms with E-state index in [0.29, 0.717) is 36.6 Å². The van der Waals surface area contributed by atoms with Crippen molar-refractivity contribution < 1.29 is 9.59 Å². The van der Waals surface area contributed by atoms with Crippen molar-refractivity contribution in [3.63, 3.8) is 0 Å². The van der Waals surface area contributed by atoms with E-state index in [9.17, 15) is 9.59 Å². The van der Waals surface area contributed by atoms with Gasteiger partial charge in [-0.25, -0.2) is 0 Å². The minimum Gasteiger partial charge on any atom is -0.399 e. The number of hydrogen-bond acceptors (Lipinski definition) is 5. The molecule has 1 saturated heterocycles. The van der Waals surface area contributed by atoms with Crippen molar-refractivity contribution in [3.8, 4) is 0 Å². The molecule has 0 atom stereocenters. The average Bonchev–Trinajstić information content (AvgIpc) is 2.63. The second-order valence-corrected chi connectivity index (χ2v) is 5.23. The van der Waals surface area contributed by atoms with E-state index in [1.54, 1.807) is 23.1 Å². The fourth-order valence-corrected chi connectivity index (χ4v) is 2.50. The van der Waals surface area contributed by atoms with Gasteiger partial charge in [0.25, 0.3) is 5.91 Å². The Morgan fingerprint density at radius 3 is 2.52 bits per heavy atom. The third kappa shape index (κ3) is 3.85. The smallest absolute Gasteiger partial charge is 0.255 e. The summed E-state index contributed by atoms with van der Waals surface area (Å²) in [6.07, 6.45) is 0.800. The third-order valence-corrected chi connectivity index (χ3v) is 3.56. The van der Waals surface area contributed by atoms with E-state index in [0.717, 1.165) is 13.0 Å². The number of carbonyl (C=O) groups is 2. The van der Waals surface area contributed by atoms with Gasteiger partial charge in [0.1, 0.15) is 0 Å². The molecule has 0 spiro atoms. The van der Waals surface area contributed by atoms with Gasteiger partial charge in [-0.05, 0) is 24.6 Å². The molecule has 21 heavy (non-hydrogen) atoms. The fourth-order valence-electron chi connectivity index (χ4n) is 2.50. The van der Waals surface area contributed by atoms with Crippen LogP contribution in [-0.2, 0) is 4.79 Å². The first-order valence-corrected chi connectivity index (χ1v) is 6.92. The summed E-state index contributed by atoms with van der Waals surface area (Å²) >= 11 is 0. The van der Waals surface area contributed by atoms with Crippen LogP contribution in [0.3, 0.4) is 0 Å². The molecule has 0 radical (unpaired) electrons. The Bertz CT molecular complexity index is 546. The second kappa shape index (κ2) is 6.45. The van der Waals surface area contributed by atoms with Gasteiger partial charge in [0, 0.05) is 37.6 Å². The van der Waals surface area contributed by atoms with Crippen molar-refractivity contribution in [1.29, 1.82) is 0 Å². The van der Waals surface area contributed by atoms with Crippen LogP contribution in [0.4, 0.5) is 11.4 Å². The van der Waals surface area contributed by atoms with Gasteiger partial charge in [-0.1, -0.05) is 0 Å². The van der Waals surface area contributed by atoms with E-state index < -0.39 is 0 Å². The quantitative estimate of drug-likeness (QED) is 0.648. The molecule has 1 heterocycles. The zero-order valence-electron chi connectivity index (χ0n) is 11.9. The van der Waals surface area contributed by atoms with E-state index in [1.807, 2.05) is 4.90 Å². The molecule has 0 aliphatic carbocycles. The van der Waals surface area contributed by atoms with Gasteiger partial charge in [-0.15, -0.1) is 0 Å². The molecule has 7 nitrogen and oxygen atoms in total. The topological polar surface area (TPSA) is 119 Å². The van der Waals surface area contributed by atoms with Gasteiger partial charge in [0.15, 0.2) is 0 Å². The summed E-state index contributed by atoms with van der Waals surface area (Å²) in [6.45, 7) is 2.80. The Morgan fingerprint density at radius 2 is 1.86 bits per heavy atom. The normalized spacial score (nSPS) is 16.5. The summed E-state index contributed by atoms with van der Waals surface area (Å²) in [5, 5.41) is 0. The highest BCUT2D eigenvalue weighted by Gasteiger charge is 2.22. The maximum atomic E-state index is 12.5. The average molecular weight is 291 g/mol. The number of nitrogens with zero attached hydrogens (tertiary/aromatic N) is 2. The molecular weight excluding hydrogens is 270 g/mol. The first kappa shape index (κ1) is 15.1. The van der Waals surface area contributed by atoms with Crippen LogP contribution in [0.25, 0.3) is 0 Å². The molecule has 0 bridgehead atoms. The lowest BCUT2D eigenvalue weighted by Crippen LogP contribution is -2.38. The molecule has 0 saturated carbocycles. The maximum Gasteiger partial charge on any atom is 0.255 e. The van der Waals surface area contributed by atoms with Gasteiger partial charge in [-0.2, -0.15) is 0 Å². The van der Waals surface area contributed by atoms with Gasteiger partial charge in [-0.3, -0.25) is 14.5 Å². The molecule has 7 heteroatoms. The lowest BCUT2D eigenvalue weighted by Gasteiger charge is -2.22. The van der Waals surface area contributed by atoms with E-state index >= 15 is 0 Å². The maximum absolute atomic E-state index is 12.5. The monoisotopic (exact) mass is 291 g/mol. The Kier molecular flexibility index (Phi) is 4.64. The van der Waals surface area contributed by atoms with Crippen LogP contribution in [0.2, 0.25) is 0 Å². The molecule has 1 aliphatic heterocycles. The van der Waals surface area contributed by atoms with E-state index in [-0.39, 0.29) is 18.4 Å². The Balaban J connectivity index is 2.04. The predicted octanol–water partition coefficient (Wildman–Crippen LogP) is -0.516. The highest BCUT2D eigenvalue weighted by molar-refractivity contribution is 5.99. The molecule has 1 aliphatic rings. The van der Waals surface area contributed by atoms with Crippen LogP contribution in [0.1, 0.15) is 16.8 Å². The van der Waals surface area contributed by atoms with E-state index in [4.69, 9.17) is 17.2 Å². The highest BCUT2D eigenvalue weighted by Crippen LogP contribution is 2.18. The zero-order chi connectivity index (χ0) is 15.4. The summed E-state index contributed by atoms with van der Waals surface area (Å²) in [4.78, 5) is 27.2. The number of amides is 2. The van der Waals surface area contributed by atoms with Crippen molar-refractivity contribution in [3.05, 3.63) is 23.8 Å². The largest absolute Gasteiger partial charge is 0.399 e. The lowest BCUT2D eigenvalue weighted by atomic mass is 10.1. The van der Waals surface area contributed by atoms with Crippen LogP contribution >= 0.6 is 0 Å². The summed E-state index contributed by atoms with van der Waals surface area (Å²) in [7, 11) is 0. The number of nitrogen functional groups attached to an aromatic ring is 2. The summed E-state index contributed by atoms with van der Waals surface area (Å²) in [6, 6.07) is 4.91. The third-order valence-electron chi connectivity index (χ3n) is 3.56. The molecular formula is C14H21N5O2. The van der Waals surface area contributed by atoms with Crippen LogP contribution in [-0.4, -0.2) is 54.3 Å². The van der Waals surface area contributed by atoms with Crippen molar-refractivity contribution in [1.82, 2.24) is 9.80 Å². The number of benzene rings is 1. The first-order valence-electron chi connectivity index (χ1n) is 6.92. The van der Waals surface area contributed by atoms with Crippen molar-refractivity contribution in [2.75, 3.05) is 44.2 Å². The number of rotatable bonds is 3. The summed E-state index contributed by atoms with van der Waals surface area (Å²) < 4.78 is 0. The summed E-state index contributed by atoms with van der Waals surface area (Å²) in [5.74, 6) is -0.453. The SMILES string of the molecule is NC(=O)CN1CCCN(C(=O)c2ccc(N)cc2N)CC1. The van der Waals surface area contributed by atoms with E-state index in [1.165, 1.54) is 0 Å². The second-order valence-electron chi connectivity index (χ2n) is 5.23. The number of carbonyl (C=O) groups excluding carboxylic acids is 2. The van der Waals surface area contributed by atoms with Crippen molar-refractivity contribution in [2.24, 2.45) is 5.73 Å². The summed E-state index contributed by atoms with van der Waals surface area (Å²) in [5.41, 5.74) is 18.1. The minimum atomic E-state index is -0.349. The highest BCUT2D eigenvalue weighted by atomic mass is 16.2. The van der Waals surface area contributed by atoms with Crippen LogP contribution < -0.4 is 17.2 Å². The molecule has 1 aromatic carbocycles. The van der Waals surface area contributed by atoms with Crippen LogP contribution in [0.5, 0.6) is 0 Å². The van der Waals surface area contributed by atoms with Crippen LogP contribution in [0.15, 0.2) is 18.2 Å². The van der Waals surface area contributed by atoms with Gasteiger partial charge >= 0.3 is 0 Å². The van der Waals surface area contributed by atoms with Gasteiger partial charge < -0.3 is 22.1 Å². The van der Waals surface area contributed by atoms with E-state index in [2.05, 4.69) is 0 Å². The molecule has 0 unspecified atom stereocenters. The molecule has 6 N–H and O–H groups in total. The number of primary amides is 1. The molecule has 1 aromatic rings. The lowest BCUT2D eigenvalue weighted by molar-refractivity contribution is -0.119. The first-order chi connectivity index (χ1) is 9.97. The van der Waals surface area contributed by atoms with Gasteiger partial charge in [0.2, 0.25) is 5.91 Å². The Labute approximate surface area is 123 Å². The number of hydrogen-bond donors (Lipinski definition) is 3. The standard InChI is InChI=1S/C14H21N5O2/c15-10-2-3-11(12(16)8-10)14(21)19-5-1-4-18(6-7-19)9-13(17)20/h2-3,8H,1,4-7,9,15-16H2,(H2,17,20). The Morgan fingerprint density at radius 1 is 1.10 bits per heavy atom. The minimum absolute atomic E-state index is 0.103. The molecule has 2 rings (SSSR count). The van der Waals surface area contributed by atoms with Crippen LogP contribution in [0, 0.1) is 0 Å². The number of anilines is 2. The van der Waals surface area contributed by atoms with Gasteiger partial charge in [0.05, 0.1) is 12.1 Å². The fraction of sp³-hybridized carbons (Fsp3) is 0.429. The molecule has 1 fully saturated rings. The zero-order valence-corrected chi connectivity index (χ0v) is 11.9.